The van der Waals surface area contributed by atoms with Crippen LogP contribution in [0.3, 0.4) is 0 Å². The average molecular weight is 871 g/mol. The minimum absolute atomic E-state index is 0.110. The van der Waals surface area contributed by atoms with Gasteiger partial charge in [0.1, 0.15) is 13.2 Å². The molecule has 0 aliphatic heterocycles. The zero-order valence-electron chi connectivity index (χ0n) is 40.3. The molecule has 0 fully saturated rings. The van der Waals surface area contributed by atoms with Crippen molar-refractivity contribution in [3.63, 3.8) is 0 Å². The summed E-state index contributed by atoms with van der Waals surface area (Å²) in [4.78, 5) is 37.9. The molecule has 63 heavy (non-hydrogen) atoms. The molecule has 6 heteroatoms. The smallest absolute Gasteiger partial charge is 0.306 e. The van der Waals surface area contributed by atoms with E-state index in [0.717, 1.165) is 141 Å². The molecule has 1 unspecified atom stereocenters. The molecule has 0 spiro atoms. The third-order valence-corrected chi connectivity index (χ3v) is 10.1. The molecule has 0 aromatic heterocycles. The SMILES string of the molecule is CC\C=C/C=C\C=C/CCCCCCCC(=O)OCC(COC(=O)CCCCCCC\C=C/C=C\C=C/C=C\CCCCC)OC(=O)CCCCCC/C=C\C/C=C\C/C=C\CC. The first kappa shape index (κ1) is 58.8. The Bertz CT molecular complexity index is 1370. The van der Waals surface area contributed by atoms with E-state index in [0.29, 0.717) is 12.8 Å². The fraction of sp³-hybridized carbons (Fsp3) is 0.596. The number of unbranched alkanes of at least 4 members (excludes halogenated alkanes) is 17. The molecule has 0 saturated carbocycles. The molecule has 1 atom stereocenters. The molecule has 0 radical (unpaired) electrons. The fourth-order valence-corrected chi connectivity index (χ4v) is 6.35. The monoisotopic (exact) mass is 871 g/mol. The summed E-state index contributed by atoms with van der Waals surface area (Å²) in [6.07, 6.45) is 68.9. The molecule has 6 nitrogen and oxygen atoms in total. The van der Waals surface area contributed by atoms with Gasteiger partial charge in [-0.1, -0.05) is 206 Å². The highest BCUT2D eigenvalue weighted by Crippen LogP contribution is 2.12. The highest BCUT2D eigenvalue weighted by Gasteiger charge is 2.19. The largest absolute Gasteiger partial charge is 0.462 e. The van der Waals surface area contributed by atoms with E-state index in [1.54, 1.807) is 0 Å². The Morgan fingerprint density at radius 3 is 1.16 bits per heavy atom. The van der Waals surface area contributed by atoms with Crippen LogP contribution in [0.2, 0.25) is 0 Å². The number of hydrogen-bond acceptors (Lipinski definition) is 6. The van der Waals surface area contributed by atoms with E-state index in [-0.39, 0.29) is 37.5 Å². The maximum atomic E-state index is 12.8. The number of ether oxygens (including phenoxy) is 3. The van der Waals surface area contributed by atoms with Crippen molar-refractivity contribution in [3.05, 3.63) is 122 Å². The van der Waals surface area contributed by atoms with Crippen molar-refractivity contribution < 1.29 is 28.6 Å². The van der Waals surface area contributed by atoms with Gasteiger partial charge in [0.05, 0.1) is 0 Å². The standard InChI is InChI=1S/C57H90O6/c1-4-7-10-13-16-19-22-25-27-28-29-30-33-35-38-41-44-47-50-56(59)62-53-54(52-61-55(58)49-46-43-40-37-34-31-24-21-18-15-12-9-6-3)63-57(60)51-48-45-42-39-36-32-26-23-20-17-14-11-8-5-2/h8-9,11-12,15-22,24-30,32,54H,4-7,10,13-14,23,31,33-53H2,1-3H3/b11-8-,12-9-,18-15-,19-16-,20-17-,24-21-,25-22-,28-27-,30-29-,32-26-. The summed E-state index contributed by atoms with van der Waals surface area (Å²) in [6, 6.07) is 0. The van der Waals surface area contributed by atoms with Crippen molar-refractivity contribution in [2.75, 3.05) is 13.2 Å². The van der Waals surface area contributed by atoms with Gasteiger partial charge < -0.3 is 14.2 Å². The van der Waals surface area contributed by atoms with Gasteiger partial charge in [-0.3, -0.25) is 14.4 Å². The molecule has 354 valence electrons. The third kappa shape index (κ3) is 48.7. The summed E-state index contributed by atoms with van der Waals surface area (Å²) in [5, 5.41) is 0. The third-order valence-electron chi connectivity index (χ3n) is 10.1. The van der Waals surface area contributed by atoms with Gasteiger partial charge in [0.2, 0.25) is 0 Å². The van der Waals surface area contributed by atoms with E-state index in [1.807, 2.05) is 6.08 Å². The minimum atomic E-state index is -0.811. The highest BCUT2D eigenvalue weighted by molar-refractivity contribution is 5.71. The van der Waals surface area contributed by atoms with Crippen molar-refractivity contribution in [3.8, 4) is 0 Å². The second-order valence-corrected chi connectivity index (χ2v) is 16.1. The summed E-state index contributed by atoms with van der Waals surface area (Å²) in [7, 11) is 0. The molecule has 0 bridgehead atoms. The first-order valence-corrected chi connectivity index (χ1v) is 25.1. The number of carbonyl (C=O) groups is 3. The van der Waals surface area contributed by atoms with Gasteiger partial charge in [-0.05, 0) is 96.3 Å². The molecular weight excluding hydrogens is 781 g/mol. The summed E-state index contributed by atoms with van der Waals surface area (Å²) in [6.45, 7) is 6.27. The first-order valence-electron chi connectivity index (χ1n) is 25.1. The maximum absolute atomic E-state index is 12.8. The van der Waals surface area contributed by atoms with E-state index < -0.39 is 6.10 Å². The predicted molar refractivity (Wildman–Crippen MR) is 269 cm³/mol. The van der Waals surface area contributed by atoms with E-state index in [9.17, 15) is 14.4 Å². The average Bonchev–Trinajstić information content (AvgIpc) is 3.28. The normalized spacial score (nSPS) is 13.1. The van der Waals surface area contributed by atoms with Crippen molar-refractivity contribution in [1.29, 1.82) is 0 Å². The molecule has 0 amide bonds. The van der Waals surface area contributed by atoms with Gasteiger partial charge in [0.15, 0.2) is 6.10 Å². The summed E-state index contributed by atoms with van der Waals surface area (Å²) >= 11 is 0. The van der Waals surface area contributed by atoms with Gasteiger partial charge in [-0.25, -0.2) is 0 Å². The molecule has 0 aromatic carbocycles. The van der Waals surface area contributed by atoms with Crippen LogP contribution >= 0.6 is 0 Å². The van der Waals surface area contributed by atoms with E-state index in [2.05, 4.69) is 136 Å². The quantitative estimate of drug-likeness (QED) is 0.0200. The second-order valence-electron chi connectivity index (χ2n) is 16.1. The molecule has 0 aliphatic rings. The molecule has 0 heterocycles. The molecule has 0 aliphatic carbocycles. The van der Waals surface area contributed by atoms with Crippen LogP contribution in [0.15, 0.2) is 122 Å². The van der Waals surface area contributed by atoms with Crippen LogP contribution in [0.5, 0.6) is 0 Å². The topological polar surface area (TPSA) is 78.9 Å². The summed E-state index contributed by atoms with van der Waals surface area (Å²) in [5.41, 5.74) is 0. The van der Waals surface area contributed by atoms with E-state index in [1.165, 1.54) is 19.3 Å². The minimum Gasteiger partial charge on any atom is -0.462 e. The van der Waals surface area contributed by atoms with Crippen LogP contribution < -0.4 is 0 Å². The second kappa shape index (κ2) is 50.5. The van der Waals surface area contributed by atoms with Gasteiger partial charge in [0, 0.05) is 19.3 Å². The van der Waals surface area contributed by atoms with Crippen LogP contribution in [0.25, 0.3) is 0 Å². The Hall–Kier alpha value is -4.19. The molecule has 0 rings (SSSR count). The van der Waals surface area contributed by atoms with Crippen molar-refractivity contribution in [2.24, 2.45) is 0 Å². The Labute approximate surface area is 386 Å². The van der Waals surface area contributed by atoms with Crippen LogP contribution in [-0.4, -0.2) is 37.2 Å². The molecule has 0 aromatic rings. The van der Waals surface area contributed by atoms with Gasteiger partial charge in [0.25, 0.3) is 0 Å². The van der Waals surface area contributed by atoms with Crippen LogP contribution in [0.1, 0.15) is 201 Å². The van der Waals surface area contributed by atoms with Crippen LogP contribution in [-0.2, 0) is 28.6 Å². The Morgan fingerprint density at radius 2 is 0.698 bits per heavy atom. The maximum Gasteiger partial charge on any atom is 0.306 e. The zero-order chi connectivity index (χ0) is 45.8. The lowest BCUT2D eigenvalue weighted by Crippen LogP contribution is -2.30. The molecule has 0 N–H and O–H groups in total. The lowest BCUT2D eigenvalue weighted by molar-refractivity contribution is -0.167. The number of esters is 3. The number of allylic oxidation sites excluding steroid dienone is 20. The Kier molecular flexibility index (Phi) is 47.1. The first-order chi connectivity index (χ1) is 31.0. The van der Waals surface area contributed by atoms with Gasteiger partial charge in [-0.15, -0.1) is 0 Å². The van der Waals surface area contributed by atoms with E-state index in [4.69, 9.17) is 14.2 Å². The van der Waals surface area contributed by atoms with Crippen molar-refractivity contribution >= 4 is 17.9 Å². The zero-order valence-corrected chi connectivity index (χ0v) is 40.3. The van der Waals surface area contributed by atoms with Gasteiger partial charge >= 0.3 is 17.9 Å². The van der Waals surface area contributed by atoms with Crippen LogP contribution in [0.4, 0.5) is 0 Å². The Morgan fingerprint density at radius 1 is 0.349 bits per heavy atom. The van der Waals surface area contributed by atoms with Crippen LogP contribution in [0, 0.1) is 0 Å². The number of rotatable bonds is 43. The predicted octanol–water partition coefficient (Wildman–Crippen LogP) is 16.5. The number of carbonyl (C=O) groups excluding carboxylic acids is 3. The van der Waals surface area contributed by atoms with Crippen molar-refractivity contribution in [2.45, 2.75) is 207 Å². The lowest BCUT2D eigenvalue weighted by atomic mass is 10.1. The molecular formula is C57H90O6. The fourth-order valence-electron chi connectivity index (χ4n) is 6.35. The highest BCUT2D eigenvalue weighted by atomic mass is 16.6. The lowest BCUT2D eigenvalue weighted by Gasteiger charge is -2.18. The number of hydrogen-bond donors (Lipinski definition) is 0. The summed E-state index contributed by atoms with van der Waals surface area (Å²) < 4.78 is 16.7. The Balaban J connectivity index is 4.52. The molecule has 0 saturated heterocycles. The van der Waals surface area contributed by atoms with Gasteiger partial charge in [-0.2, -0.15) is 0 Å². The van der Waals surface area contributed by atoms with E-state index >= 15 is 0 Å². The van der Waals surface area contributed by atoms with Crippen molar-refractivity contribution in [1.82, 2.24) is 0 Å². The summed E-state index contributed by atoms with van der Waals surface area (Å²) in [5.74, 6) is -0.984.